The van der Waals surface area contributed by atoms with Gasteiger partial charge < -0.3 is 9.52 Å². The van der Waals surface area contributed by atoms with Gasteiger partial charge >= 0.3 is 5.97 Å². The molecule has 0 unspecified atom stereocenters. The first-order chi connectivity index (χ1) is 9.38. The predicted octanol–water partition coefficient (Wildman–Crippen LogP) is 3.69. The quantitative estimate of drug-likeness (QED) is 0.925. The zero-order valence-electron chi connectivity index (χ0n) is 11.6. The fraction of sp³-hybridized carbons (Fsp3) is 0.333. The fourth-order valence-corrected chi connectivity index (χ4v) is 2.03. The third-order valence-electron chi connectivity index (χ3n) is 2.91. The van der Waals surface area contributed by atoms with Crippen molar-refractivity contribution < 1.29 is 18.7 Å². The zero-order valence-corrected chi connectivity index (χ0v) is 11.6. The molecular formula is C15H16FNO3. The van der Waals surface area contributed by atoms with Gasteiger partial charge in [0.15, 0.2) is 0 Å². The second kappa shape index (κ2) is 5.45. The first-order valence-corrected chi connectivity index (χ1v) is 6.38. The smallest absolute Gasteiger partial charge is 0.373 e. The molecule has 0 atom stereocenters. The van der Waals surface area contributed by atoms with Crippen molar-refractivity contribution in [3.05, 3.63) is 41.0 Å². The maximum Gasteiger partial charge on any atom is 0.373 e. The number of carbonyl (C=O) groups is 1. The van der Waals surface area contributed by atoms with E-state index in [0.717, 1.165) is 0 Å². The maximum absolute atomic E-state index is 13.1. The molecule has 0 amide bonds. The lowest BCUT2D eigenvalue weighted by molar-refractivity contribution is 0.0661. The Morgan fingerprint density at radius 2 is 2.15 bits per heavy atom. The normalized spacial score (nSPS) is 11.1. The average Bonchev–Trinajstić information content (AvgIpc) is 2.71. The van der Waals surface area contributed by atoms with Crippen molar-refractivity contribution in [2.45, 2.75) is 27.2 Å². The Labute approximate surface area is 116 Å². The Bertz CT molecular complexity index is 647. The first kappa shape index (κ1) is 14.2. The minimum Gasteiger partial charge on any atom is -0.475 e. The fourth-order valence-electron chi connectivity index (χ4n) is 2.03. The van der Waals surface area contributed by atoms with Crippen molar-refractivity contribution in [2.24, 2.45) is 5.92 Å². The molecule has 0 aliphatic carbocycles. The van der Waals surface area contributed by atoms with Crippen molar-refractivity contribution in [2.75, 3.05) is 0 Å². The Morgan fingerprint density at radius 1 is 1.45 bits per heavy atom. The van der Waals surface area contributed by atoms with Crippen LogP contribution in [0.1, 0.15) is 35.7 Å². The molecule has 0 aliphatic rings. The molecule has 1 aromatic heterocycles. The molecule has 1 heterocycles. The van der Waals surface area contributed by atoms with Crippen LogP contribution in [0.3, 0.4) is 0 Å². The number of oxazole rings is 1. The highest BCUT2D eigenvalue weighted by Gasteiger charge is 2.21. The summed E-state index contributed by atoms with van der Waals surface area (Å²) in [5.74, 6) is -1.15. The highest BCUT2D eigenvalue weighted by atomic mass is 19.1. The molecule has 0 radical (unpaired) electrons. The van der Waals surface area contributed by atoms with Crippen LogP contribution in [0.25, 0.3) is 11.5 Å². The Kier molecular flexibility index (Phi) is 3.88. The van der Waals surface area contributed by atoms with Crippen molar-refractivity contribution in [3.63, 3.8) is 0 Å². The maximum atomic E-state index is 13.1. The van der Waals surface area contributed by atoms with Gasteiger partial charge in [0, 0.05) is 5.56 Å². The van der Waals surface area contributed by atoms with Gasteiger partial charge in [-0.3, -0.25) is 0 Å². The van der Waals surface area contributed by atoms with E-state index in [1.165, 1.54) is 12.1 Å². The molecule has 0 saturated heterocycles. The standard InChI is InChI=1S/C15H16FNO3/c1-8(2)6-12-13(15(18)19)20-14(17-12)11-5-4-10(16)7-9(11)3/h4-5,7-8H,6H2,1-3H3,(H,18,19). The third kappa shape index (κ3) is 2.87. The van der Waals surface area contributed by atoms with Crippen LogP contribution < -0.4 is 0 Å². The van der Waals surface area contributed by atoms with Gasteiger partial charge in [0.25, 0.3) is 0 Å². The molecule has 5 heteroatoms. The number of halogens is 1. The molecule has 0 spiro atoms. The second-order valence-corrected chi connectivity index (χ2v) is 5.16. The highest BCUT2D eigenvalue weighted by Crippen LogP contribution is 2.27. The van der Waals surface area contributed by atoms with Crippen molar-refractivity contribution in [1.29, 1.82) is 0 Å². The number of nitrogens with zero attached hydrogens (tertiary/aromatic N) is 1. The zero-order chi connectivity index (χ0) is 14.9. The molecule has 0 saturated carbocycles. The summed E-state index contributed by atoms with van der Waals surface area (Å²) in [5.41, 5.74) is 1.68. The van der Waals surface area contributed by atoms with Gasteiger partial charge in [-0.25, -0.2) is 14.2 Å². The van der Waals surface area contributed by atoms with Crippen LogP contribution in [0.4, 0.5) is 4.39 Å². The van der Waals surface area contributed by atoms with Crippen LogP contribution in [0.15, 0.2) is 22.6 Å². The van der Waals surface area contributed by atoms with Crippen LogP contribution in [0.5, 0.6) is 0 Å². The van der Waals surface area contributed by atoms with E-state index in [4.69, 9.17) is 9.52 Å². The molecule has 0 aliphatic heterocycles. The summed E-state index contributed by atoms with van der Waals surface area (Å²) < 4.78 is 18.5. The summed E-state index contributed by atoms with van der Waals surface area (Å²) in [6.45, 7) is 5.68. The number of hydrogen-bond donors (Lipinski definition) is 1. The SMILES string of the molecule is Cc1cc(F)ccc1-c1nc(CC(C)C)c(C(=O)O)o1. The lowest BCUT2D eigenvalue weighted by Gasteiger charge is -2.01. The number of hydrogen-bond acceptors (Lipinski definition) is 3. The molecule has 1 N–H and O–H groups in total. The number of aromatic carboxylic acids is 1. The minimum absolute atomic E-state index is 0.141. The van der Waals surface area contributed by atoms with Crippen LogP contribution in [-0.2, 0) is 6.42 Å². The highest BCUT2D eigenvalue weighted by molar-refractivity contribution is 5.86. The van der Waals surface area contributed by atoms with Crippen LogP contribution >= 0.6 is 0 Å². The molecule has 4 nitrogen and oxygen atoms in total. The van der Waals surface area contributed by atoms with Gasteiger partial charge in [-0.2, -0.15) is 0 Å². The van der Waals surface area contributed by atoms with Crippen LogP contribution in [-0.4, -0.2) is 16.1 Å². The Balaban J connectivity index is 2.49. The van der Waals surface area contributed by atoms with Gasteiger partial charge in [-0.05, 0) is 43.0 Å². The van der Waals surface area contributed by atoms with Crippen molar-refractivity contribution >= 4 is 5.97 Å². The van der Waals surface area contributed by atoms with Crippen LogP contribution in [0, 0.1) is 18.7 Å². The number of rotatable bonds is 4. The monoisotopic (exact) mass is 277 g/mol. The first-order valence-electron chi connectivity index (χ1n) is 6.38. The molecule has 0 fully saturated rings. The molecule has 1 aromatic carbocycles. The molecular weight excluding hydrogens is 261 g/mol. The van der Waals surface area contributed by atoms with Gasteiger partial charge in [0.1, 0.15) is 5.82 Å². The van der Waals surface area contributed by atoms with Gasteiger partial charge in [-0.15, -0.1) is 0 Å². The van der Waals surface area contributed by atoms with E-state index in [1.54, 1.807) is 13.0 Å². The Hall–Kier alpha value is -2.17. The number of carboxylic acid groups (broad SMARTS) is 1. The van der Waals surface area contributed by atoms with E-state index >= 15 is 0 Å². The van der Waals surface area contributed by atoms with Gasteiger partial charge in [-0.1, -0.05) is 13.8 Å². The van der Waals surface area contributed by atoms with E-state index in [-0.39, 0.29) is 23.4 Å². The van der Waals surface area contributed by atoms with E-state index in [9.17, 15) is 9.18 Å². The van der Waals surface area contributed by atoms with Crippen LogP contribution in [0.2, 0.25) is 0 Å². The molecule has 2 aromatic rings. The second-order valence-electron chi connectivity index (χ2n) is 5.16. The summed E-state index contributed by atoms with van der Waals surface area (Å²) in [7, 11) is 0. The lowest BCUT2D eigenvalue weighted by atomic mass is 10.1. The molecule has 20 heavy (non-hydrogen) atoms. The number of aryl methyl sites for hydroxylation is 1. The number of aromatic nitrogens is 1. The topological polar surface area (TPSA) is 63.3 Å². The largest absolute Gasteiger partial charge is 0.475 e. The van der Waals surface area contributed by atoms with E-state index < -0.39 is 5.97 Å². The average molecular weight is 277 g/mol. The summed E-state index contributed by atoms with van der Waals surface area (Å²) in [6.07, 6.45) is 0.519. The van der Waals surface area contributed by atoms with Crippen molar-refractivity contribution in [3.8, 4) is 11.5 Å². The molecule has 106 valence electrons. The molecule has 0 bridgehead atoms. The predicted molar refractivity (Wildman–Crippen MR) is 72.1 cm³/mol. The van der Waals surface area contributed by atoms with Gasteiger partial charge in [0.2, 0.25) is 11.7 Å². The van der Waals surface area contributed by atoms with E-state index in [1.807, 2.05) is 13.8 Å². The molecule has 2 rings (SSSR count). The summed E-state index contributed by atoms with van der Waals surface area (Å²) in [6, 6.07) is 4.21. The third-order valence-corrected chi connectivity index (χ3v) is 2.91. The van der Waals surface area contributed by atoms with E-state index in [0.29, 0.717) is 23.2 Å². The lowest BCUT2D eigenvalue weighted by Crippen LogP contribution is -2.03. The number of benzene rings is 1. The summed E-state index contributed by atoms with van der Waals surface area (Å²) in [5, 5.41) is 9.16. The van der Waals surface area contributed by atoms with Crippen molar-refractivity contribution in [1.82, 2.24) is 4.98 Å². The Morgan fingerprint density at radius 3 is 2.70 bits per heavy atom. The van der Waals surface area contributed by atoms with Gasteiger partial charge in [0.05, 0.1) is 5.69 Å². The summed E-state index contributed by atoms with van der Waals surface area (Å²) in [4.78, 5) is 15.5. The number of carboxylic acids is 1. The van der Waals surface area contributed by atoms with E-state index in [2.05, 4.69) is 4.98 Å². The summed E-state index contributed by atoms with van der Waals surface area (Å²) >= 11 is 0. The minimum atomic E-state index is -1.14.